The number of fused-ring (bicyclic) bond motifs is 2. The molecule has 2 aliphatic rings. The Hall–Kier alpha value is -1.10. The van der Waals surface area contributed by atoms with E-state index in [0.717, 1.165) is 19.3 Å². The number of aliphatic carboxylic acids is 1. The molecule has 0 spiro atoms. The van der Waals surface area contributed by atoms with Gasteiger partial charge in [-0.05, 0) is 31.1 Å². The van der Waals surface area contributed by atoms with Crippen molar-refractivity contribution in [2.45, 2.75) is 25.7 Å². The average molecular weight is 242 g/mol. The van der Waals surface area contributed by atoms with Crippen molar-refractivity contribution in [2.75, 3.05) is 13.2 Å². The molecule has 4 unspecified atom stereocenters. The first-order valence-corrected chi connectivity index (χ1v) is 6.15. The van der Waals surface area contributed by atoms with Crippen LogP contribution in [-0.2, 0) is 14.3 Å². The van der Waals surface area contributed by atoms with Crippen LogP contribution in [0, 0.1) is 23.7 Å². The van der Waals surface area contributed by atoms with Crippen molar-refractivity contribution in [3.8, 4) is 0 Å². The number of hydrogen-bond acceptors (Lipinski definition) is 4. The van der Waals surface area contributed by atoms with Crippen LogP contribution < -0.4 is 0 Å². The molecular formula is C12H18O5. The van der Waals surface area contributed by atoms with Gasteiger partial charge in [-0.2, -0.15) is 0 Å². The molecule has 0 aliphatic heterocycles. The van der Waals surface area contributed by atoms with E-state index in [-0.39, 0.29) is 25.0 Å². The molecule has 0 heterocycles. The summed E-state index contributed by atoms with van der Waals surface area (Å²) in [7, 11) is 0. The summed E-state index contributed by atoms with van der Waals surface area (Å²) in [5.41, 5.74) is 0. The third kappa shape index (κ3) is 2.29. The van der Waals surface area contributed by atoms with Gasteiger partial charge >= 0.3 is 11.9 Å². The van der Waals surface area contributed by atoms with Crippen molar-refractivity contribution in [3.05, 3.63) is 0 Å². The second kappa shape index (κ2) is 5.04. The van der Waals surface area contributed by atoms with Gasteiger partial charge in [-0.1, -0.05) is 0 Å². The summed E-state index contributed by atoms with van der Waals surface area (Å²) in [6.45, 7) is 0.155. The molecule has 4 atom stereocenters. The predicted molar refractivity (Wildman–Crippen MR) is 58.1 cm³/mol. The van der Waals surface area contributed by atoms with Gasteiger partial charge in [0.25, 0.3) is 0 Å². The molecule has 5 nitrogen and oxygen atoms in total. The van der Waals surface area contributed by atoms with E-state index in [1.807, 2.05) is 0 Å². The molecule has 0 amide bonds. The third-order valence-electron chi connectivity index (χ3n) is 4.02. The van der Waals surface area contributed by atoms with Crippen LogP contribution >= 0.6 is 0 Å². The molecule has 0 radical (unpaired) electrons. The fraction of sp³-hybridized carbons (Fsp3) is 0.833. The first-order chi connectivity index (χ1) is 8.15. The normalized spacial score (nSPS) is 34.9. The topological polar surface area (TPSA) is 83.8 Å². The number of aliphatic hydroxyl groups excluding tert-OH is 1. The maximum Gasteiger partial charge on any atom is 0.310 e. The molecule has 2 rings (SSSR count). The highest BCUT2D eigenvalue weighted by atomic mass is 16.5. The number of carboxylic acid groups (broad SMARTS) is 1. The van der Waals surface area contributed by atoms with Crippen molar-refractivity contribution >= 4 is 11.9 Å². The Kier molecular flexibility index (Phi) is 3.66. The maximum absolute atomic E-state index is 11.9. The third-order valence-corrected chi connectivity index (χ3v) is 4.02. The lowest BCUT2D eigenvalue weighted by molar-refractivity contribution is -0.160. The molecule has 2 fully saturated rings. The van der Waals surface area contributed by atoms with E-state index in [0.29, 0.717) is 6.42 Å². The molecule has 0 aromatic rings. The van der Waals surface area contributed by atoms with E-state index < -0.39 is 23.8 Å². The molecule has 2 saturated carbocycles. The molecule has 0 aromatic heterocycles. The van der Waals surface area contributed by atoms with Crippen LogP contribution in [0.2, 0.25) is 0 Å². The van der Waals surface area contributed by atoms with Crippen LogP contribution in [0.1, 0.15) is 25.7 Å². The van der Waals surface area contributed by atoms with Crippen molar-refractivity contribution in [1.29, 1.82) is 0 Å². The molecule has 5 heteroatoms. The number of ether oxygens (including phenoxy) is 1. The molecule has 0 aromatic carbocycles. The van der Waals surface area contributed by atoms with Crippen molar-refractivity contribution < 1.29 is 24.5 Å². The van der Waals surface area contributed by atoms with E-state index in [1.165, 1.54) is 0 Å². The van der Waals surface area contributed by atoms with Gasteiger partial charge in [0.2, 0.25) is 0 Å². The van der Waals surface area contributed by atoms with Gasteiger partial charge in [-0.3, -0.25) is 9.59 Å². The molecule has 96 valence electrons. The number of aliphatic hydroxyl groups is 1. The van der Waals surface area contributed by atoms with Gasteiger partial charge in [0.1, 0.15) is 0 Å². The molecule has 0 saturated heterocycles. The van der Waals surface area contributed by atoms with E-state index >= 15 is 0 Å². The van der Waals surface area contributed by atoms with Gasteiger partial charge in [0.05, 0.1) is 18.4 Å². The summed E-state index contributed by atoms with van der Waals surface area (Å²) in [6.07, 6.45) is 3.11. The zero-order chi connectivity index (χ0) is 12.4. The molecular weight excluding hydrogens is 224 g/mol. The Morgan fingerprint density at radius 3 is 2.41 bits per heavy atom. The van der Waals surface area contributed by atoms with Crippen molar-refractivity contribution in [1.82, 2.24) is 0 Å². The number of carboxylic acids is 1. The summed E-state index contributed by atoms with van der Waals surface area (Å²) in [5.74, 6) is -1.96. The van der Waals surface area contributed by atoms with Gasteiger partial charge < -0.3 is 14.9 Å². The monoisotopic (exact) mass is 242 g/mol. The summed E-state index contributed by atoms with van der Waals surface area (Å²) in [5, 5.41) is 17.8. The van der Waals surface area contributed by atoms with Crippen LogP contribution in [-0.4, -0.2) is 35.4 Å². The second-order valence-corrected chi connectivity index (χ2v) is 4.97. The van der Waals surface area contributed by atoms with Crippen LogP contribution in [0.25, 0.3) is 0 Å². The molecule has 2 bridgehead atoms. The van der Waals surface area contributed by atoms with Gasteiger partial charge in [-0.25, -0.2) is 0 Å². The van der Waals surface area contributed by atoms with Gasteiger partial charge in [0, 0.05) is 13.0 Å². The highest BCUT2D eigenvalue weighted by molar-refractivity contribution is 5.82. The van der Waals surface area contributed by atoms with Crippen molar-refractivity contribution in [2.24, 2.45) is 23.7 Å². The van der Waals surface area contributed by atoms with Crippen LogP contribution in [0.4, 0.5) is 0 Å². The number of carbonyl (C=O) groups is 2. The smallest absolute Gasteiger partial charge is 0.310 e. The number of rotatable bonds is 5. The summed E-state index contributed by atoms with van der Waals surface area (Å²) >= 11 is 0. The Morgan fingerprint density at radius 1 is 1.18 bits per heavy atom. The van der Waals surface area contributed by atoms with Crippen LogP contribution in [0.5, 0.6) is 0 Å². The van der Waals surface area contributed by atoms with E-state index in [4.69, 9.17) is 9.84 Å². The highest BCUT2D eigenvalue weighted by Crippen LogP contribution is 2.52. The minimum Gasteiger partial charge on any atom is -0.481 e. The summed E-state index contributed by atoms with van der Waals surface area (Å²) in [4.78, 5) is 23.0. The lowest BCUT2D eigenvalue weighted by Crippen LogP contribution is -2.36. The Balaban J connectivity index is 1.98. The van der Waals surface area contributed by atoms with E-state index in [1.54, 1.807) is 0 Å². The lowest BCUT2D eigenvalue weighted by atomic mass is 9.79. The highest BCUT2D eigenvalue weighted by Gasteiger charge is 2.54. The fourth-order valence-electron chi connectivity index (χ4n) is 3.32. The second-order valence-electron chi connectivity index (χ2n) is 4.97. The van der Waals surface area contributed by atoms with Crippen LogP contribution in [0.3, 0.4) is 0 Å². The molecule has 2 N–H and O–H groups in total. The Morgan fingerprint density at radius 2 is 1.82 bits per heavy atom. The van der Waals surface area contributed by atoms with Crippen molar-refractivity contribution in [3.63, 3.8) is 0 Å². The predicted octanol–water partition coefficient (Wildman–Crippen LogP) is 0.659. The number of esters is 1. The van der Waals surface area contributed by atoms with Gasteiger partial charge in [-0.15, -0.1) is 0 Å². The fourth-order valence-corrected chi connectivity index (χ4v) is 3.32. The minimum absolute atomic E-state index is 0.0215. The zero-order valence-electron chi connectivity index (χ0n) is 9.67. The summed E-state index contributed by atoms with van der Waals surface area (Å²) < 4.78 is 5.04. The Labute approximate surface area is 99.8 Å². The van der Waals surface area contributed by atoms with E-state index in [9.17, 15) is 14.7 Å². The largest absolute Gasteiger partial charge is 0.481 e. The van der Waals surface area contributed by atoms with Gasteiger partial charge in [0.15, 0.2) is 0 Å². The molecule has 2 aliphatic carbocycles. The molecule has 17 heavy (non-hydrogen) atoms. The van der Waals surface area contributed by atoms with Crippen LogP contribution in [0.15, 0.2) is 0 Å². The standard InChI is InChI=1S/C12H18O5/c13-4-1-5-17-12(16)10-8-3-2-7(6-8)9(10)11(14)15/h7-10,13H,1-6H2,(H,14,15). The first kappa shape index (κ1) is 12.4. The van der Waals surface area contributed by atoms with E-state index in [2.05, 4.69) is 0 Å². The quantitative estimate of drug-likeness (QED) is 0.546. The Bertz CT molecular complexity index is 314. The average Bonchev–Trinajstić information content (AvgIpc) is 2.88. The SMILES string of the molecule is O=C(O)C1C2CCC(C2)C1C(=O)OCCCO. The summed E-state index contributed by atoms with van der Waals surface area (Å²) in [6, 6.07) is 0. The number of hydrogen-bond donors (Lipinski definition) is 2. The zero-order valence-corrected chi connectivity index (χ0v) is 9.67. The number of carbonyl (C=O) groups excluding carboxylic acids is 1. The lowest BCUT2D eigenvalue weighted by Gasteiger charge is -2.26. The minimum atomic E-state index is -0.874. The first-order valence-electron chi connectivity index (χ1n) is 6.15. The maximum atomic E-state index is 11.9.